The predicted octanol–water partition coefficient (Wildman–Crippen LogP) is 2.78. The first-order valence-corrected chi connectivity index (χ1v) is 7.07. The van der Waals surface area contributed by atoms with E-state index in [2.05, 4.69) is 15.6 Å². The first kappa shape index (κ1) is 15.0. The second-order valence-electron chi connectivity index (χ2n) is 4.46. The molecule has 0 radical (unpaired) electrons. The normalized spacial score (nSPS) is 10.2. The molecule has 0 aromatic carbocycles. The van der Waals surface area contributed by atoms with Crippen LogP contribution in [-0.2, 0) is 6.54 Å². The van der Waals surface area contributed by atoms with E-state index in [1.807, 2.05) is 13.0 Å². The Labute approximate surface area is 125 Å². The number of aromatic carboxylic acids is 1. The van der Waals surface area contributed by atoms with Crippen molar-refractivity contribution < 1.29 is 14.7 Å². The number of aromatic nitrogens is 1. The predicted molar refractivity (Wildman–Crippen MR) is 80.8 cm³/mol. The summed E-state index contributed by atoms with van der Waals surface area (Å²) in [6.45, 7) is 3.88. The van der Waals surface area contributed by atoms with Crippen LogP contribution >= 0.6 is 11.3 Å². The fourth-order valence-corrected chi connectivity index (χ4v) is 2.85. The van der Waals surface area contributed by atoms with Crippen molar-refractivity contribution in [2.45, 2.75) is 20.4 Å². The molecule has 0 atom stereocenters. The third-order valence-corrected chi connectivity index (χ3v) is 4.12. The van der Waals surface area contributed by atoms with Crippen molar-refractivity contribution in [3.8, 4) is 0 Å². The molecule has 2 heterocycles. The van der Waals surface area contributed by atoms with Crippen LogP contribution < -0.4 is 10.6 Å². The van der Waals surface area contributed by atoms with Gasteiger partial charge < -0.3 is 10.4 Å². The SMILES string of the molecule is Cc1sc(NC(=O)NCc2cccnc2)c(C(=O)O)c1C. The second-order valence-corrected chi connectivity index (χ2v) is 5.69. The van der Waals surface area contributed by atoms with Crippen molar-refractivity contribution in [2.24, 2.45) is 0 Å². The minimum Gasteiger partial charge on any atom is -0.478 e. The van der Waals surface area contributed by atoms with E-state index in [-0.39, 0.29) is 5.56 Å². The van der Waals surface area contributed by atoms with Crippen molar-refractivity contribution in [1.29, 1.82) is 0 Å². The van der Waals surface area contributed by atoms with Gasteiger partial charge in [0, 0.05) is 23.8 Å². The van der Waals surface area contributed by atoms with Crippen LogP contribution in [0.1, 0.15) is 26.4 Å². The maximum absolute atomic E-state index is 11.9. The number of aryl methyl sites for hydroxylation is 1. The molecule has 0 aliphatic heterocycles. The molecule has 2 amide bonds. The van der Waals surface area contributed by atoms with Gasteiger partial charge in [0.2, 0.25) is 0 Å². The van der Waals surface area contributed by atoms with E-state index in [0.29, 0.717) is 17.1 Å². The Morgan fingerprint density at radius 3 is 2.76 bits per heavy atom. The fourth-order valence-electron chi connectivity index (χ4n) is 1.80. The summed E-state index contributed by atoms with van der Waals surface area (Å²) >= 11 is 1.25. The average Bonchev–Trinajstić information content (AvgIpc) is 2.72. The number of pyridine rings is 1. The summed E-state index contributed by atoms with van der Waals surface area (Å²) in [6, 6.07) is 3.18. The van der Waals surface area contributed by atoms with Crippen LogP contribution in [-0.4, -0.2) is 22.1 Å². The lowest BCUT2D eigenvalue weighted by Crippen LogP contribution is -2.28. The lowest BCUT2D eigenvalue weighted by atomic mass is 10.1. The highest BCUT2D eigenvalue weighted by Gasteiger charge is 2.20. The molecule has 0 bridgehead atoms. The van der Waals surface area contributed by atoms with Crippen LogP contribution in [0.15, 0.2) is 24.5 Å². The van der Waals surface area contributed by atoms with Crippen molar-refractivity contribution in [2.75, 3.05) is 5.32 Å². The molecule has 110 valence electrons. The van der Waals surface area contributed by atoms with Gasteiger partial charge in [-0.2, -0.15) is 0 Å². The zero-order chi connectivity index (χ0) is 15.4. The van der Waals surface area contributed by atoms with Crippen molar-refractivity contribution >= 4 is 28.3 Å². The zero-order valence-electron chi connectivity index (χ0n) is 11.6. The standard InChI is InChI=1S/C14H15N3O3S/c1-8-9(2)21-12(11(8)13(18)19)17-14(20)16-7-10-4-3-5-15-6-10/h3-6H,7H2,1-2H3,(H,18,19)(H2,16,17,20). The number of carbonyl (C=O) groups excluding carboxylic acids is 1. The van der Waals surface area contributed by atoms with Gasteiger partial charge in [0.15, 0.2) is 0 Å². The maximum Gasteiger partial charge on any atom is 0.338 e. The third-order valence-electron chi connectivity index (χ3n) is 3.00. The van der Waals surface area contributed by atoms with E-state index in [9.17, 15) is 14.7 Å². The molecule has 0 saturated carbocycles. The average molecular weight is 305 g/mol. The number of amides is 2. The Kier molecular flexibility index (Phi) is 4.54. The molecule has 7 heteroatoms. The smallest absolute Gasteiger partial charge is 0.338 e. The van der Waals surface area contributed by atoms with E-state index >= 15 is 0 Å². The van der Waals surface area contributed by atoms with Crippen molar-refractivity contribution in [3.05, 3.63) is 46.1 Å². The number of hydrogen-bond donors (Lipinski definition) is 3. The summed E-state index contributed by atoms with van der Waals surface area (Å²) in [5.74, 6) is -1.04. The highest BCUT2D eigenvalue weighted by molar-refractivity contribution is 7.16. The van der Waals surface area contributed by atoms with Gasteiger partial charge >= 0.3 is 12.0 Å². The quantitative estimate of drug-likeness (QED) is 0.810. The highest BCUT2D eigenvalue weighted by Crippen LogP contribution is 2.32. The summed E-state index contributed by atoms with van der Waals surface area (Å²) in [4.78, 5) is 27.9. The maximum atomic E-state index is 11.9. The molecule has 0 aliphatic carbocycles. The molecule has 0 spiro atoms. The molecule has 2 rings (SSSR count). The third kappa shape index (κ3) is 3.57. The number of carboxylic acids is 1. The van der Waals surface area contributed by atoms with E-state index in [1.54, 1.807) is 25.4 Å². The highest BCUT2D eigenvalue weighted by atomic mass is 32.1. The van der Waals surface area contributed by atoms with Crippen LogP contribution in [0, 0.1) is 13.8 Å². The summed E-state index contributed by atoms with van der Waals surface area (Å²) < 4.78 is 0. The van der Waals surface area contributed by atoms with Crippen LogP contribution in [0.5, 0.6) is 0 Å². The minimum absolute atomic E-state index is 0.147. The van der Waals surface area contributed by atoms with Gasteiger partial charge in [0.25, 0.3) is 0 Å². The van der Waals surface area contributed by atoms with Crippen LogP contribution in [0.25, 0.3) is 0 Å². The molecular formula is C14H15N3O3S. The number of thiophene rings is 1. The molecule has 0 unspecified atom stereocenters. The van der Waals surface area contributed by atoms with Gasteiger partial charge in [-0.1, -0.05) is 6.07 Å². The number of nitrogens with zero attached hydrogens (tertiary/aromatic N) is 1. The van der Waals surface area contributed by atoms with Gasteiger partial charge in [0.1, 0.15) is 5.00 Å². The molecule has 2 aromatic heterocycles. The van der Waals surface area contributed by atoms with E-state index < -0.39 is 12.0 Å². The molecule has 0 fully saturated rings. The number of anilines is 1. The Morgan fingerprint density at radius 2 is 2.14 bits per heavy atom. The Morgan fingerprint density at radius 1 is 1.38 bits per heavy atom. The summed E-state index contributed by atoms with van der Waals surface area (Å²) in [5, 5.41) is 14.8. The van der Waals surface area contributed by atoms with Gasteiger partial charge in [0.05, 0.1) is 5.56 Å². The number of nitrogens with one attached hydrogen (secondary N) is 2. The van der Waals surface area contributed by atoms with Crippen LogP contribution in [0.4, 0.5) is 9.80 Å². The summed E-state index contributed by atoms with van der Waals surface area (Å²) in [5.41, 5.74) is 1.69. The largest absolute Gasteiger partial charge is 0.478 e. The lowest BCUT2D eigenvalue weighted by molar-refractivity contribution is 0.0697. The molecule has 0 saturated heterocycles. The lowest BCUT2D eigenvalue weighted by Gasteiger charge is -2.07. The van der Waals surface area contributed by atoms with Gasteiger partial charge in [-0.05, 0) is 31.0 Å². The number of urea groups is 1. The Balaban J connectivity index is 2.03. The zero-order valence-corrected chi connectivity index (χ0v) is 12.5. The van der Waals surface area contributed by atoms with E-state index in [0.717, 1.165) is 10.4 Å². The first-order chi connectivity index (χ1) is 9.99. The van der Waals surface area contributed by atoms with Crippen molar-refractivity contribution in [3.63, 3.8) is 0 Å². The molecule has 21 heavy (non-hydrogen) atoms. The second kappa shape index (κ2) is 6.36. The minimum atomic E-state index is -1.04. The molecular weight excluding hydrogens is 290 g/mol. The number of rotatable bonds is 4. The van der Waals surface area contributed by atoms with E-state index in [4.69, 9.17) is 0 Å². The molecule has 2 aromatic rings. The number of carboxylic acid groups (broad SMARTS) is 1. The fraction of sp³-hybridized carbons (Fsp3) is 0.214. The van der Waals surface area contributed by atoms with Crippen LogP contribution in [0.3, 0.4) is 0 Å². The summed E-state index contributed by atoms with van der Waals surface area (Å²) in [7, 11) is 0. The molecule has 0 aliphatic rings. The van der Waals surface area contributed by atoms with Crippen LogP contribution in [0.2, 0.25) is 0 Å². The first-order valence-electron chi connectivity index (χ1n) is 6.26. The Hall–Kier alpha value is -2.41. The number of hydrogen-bond acceptors (Lipinski definition) is 4. The monoisotopic (exact) mass is 305 g/mol. The van der Waals surface area contributed by atoms with Gasteiger partial charge in [-0.25, -0.2) is 9.59 Å². The van der Waals surface area contributed by atoms with E-state index in [1.165, 1.54) is 11.3 Å². The van der Waals surface area contributed by atoms with Gasteiger partial charge in [-0.3, -0.25) is 10.3 Å². The summed E-state index contributed by atoms with van der Waals surface area (Å²) in [6.07, 6.45) is 3.31. The van der Waals surface area contributed by atoms with Crippen molar-refractivity contribution in [1.82, 2.24) is 10.3 Å². The molecule has 6 nitrogen and oxygen atoms in total. The number of carbonyl (C=O) groups is 2. The topological polar surface area (TPSA) is 91.3 Å². The van der Waals surface area contributed by atoms with Gasteiger partial charge in [-0.15, -0.1) is 11.3 Å². The molecule has 3 N–H and O–H groups in total. The Bertz CT molecular complexity index is 668.